The second-order valence-electron chi connectivity index (χ2n) is 4.40. The Bertz CT molecular complexity index is 627. The minimum Gasteiger partial charge on any atom is -0.494 e. The molecule has 0 saturated carbocycles. The number of ether oxygens (including phenoxy) is 2. The predicted octanol–water partition coefficient (Wildman–Crippen LogP) is 3.24. The Labute approximate surface area is 123 Å². The molecule has 0 atom stereocenters. The highest BCUT2D eigenvalue weighted by molar-refractivity contribution is 6.09. The summed E-state index contributed by atoms with van der Waals surface area (Å²) in [6.45, 7) is 3.83. The van der Waals surface area contributed by atoms with Crippen LogP contribution in [-0.2, 0) is 4.79 Å². The molecule has 0 heterocycles. The summed E-state index contributed by atoms with van der Waals surface area (Å²) in [5.41, 5.74) is 1.12. The molecule has 0 aliphatic heterocycles. The quantitative estimate of drug-likeness (QED) is 0.480. The number of benzene rings is 2. The molecule has 0 saturated heterocycles. The fourth-order valence-electron chi connectivity index (χ4n) is 1.88. The van der Waals surface area contributed by atoms with E-state index >= 15 is 0 Å². The Morgan fingerprint density at radius 2 is 1.33 bits per heavy atom. The Hall–Kier alpha value is -2.62. The number of hydrogen-bond acceptors (Lipinski definition) is 4. The summed E-state index contributed by atoms with van der Waals surface area (Å²) in [6.07, 6.45) is 0. The fourth-order valence-corrected chi connectivity index (χ4v) is 1.88. The summed E-state index contributed by atoms with van der Waals surface area (Å²) >= 11 is 0. The summed E-state index contributed by atoms with van der Waals surface area (Å²) in [5, 5.41) is 0. The van der Waals surface area contributed by atoms with Crippen molar-refractivity contribution in [3.63, 3.8) is 0 Å². The number of ketones is 1. The molecule has 0 N–H and O–H groups in total. The molecule has 0 aromatic heterocycles. The Morgan fingerprint density at radius 3 is 1.76 bits per heavy atom. The third-order valence-corrected chi connectivity index (χ3v) is 2.81. The van der Waals surface area contributed by atoms with Gasteiger partial charge in [0.2, 0.25) is 0 Å². The standard InChI is InChI=1S/C17H16O4/c1-3-20-15-8-4-13(5-9-15)17(19)14-6-10-16(11-7-14)21-12(2)18/h4-11H,3H2,1-2H3. The first-order chi connectivity index (χ1) is 10.1. The predicted molar refractivity (Wildman–Crippen MR) is 78.8 cm³/mol. The Balaban J connectivity index is 2.13. The highest BCUT2D eigenvalue weighted by atomic mass is 16.5. The van der Waals surface area contributed by atoms with Crippen LogP contribution in [-0.4, -0.2) is 18.4 Å². The molecular formula is C17H16O4. The summed E-state index contributed by atoms with van der Waals surface area (Å²) in [5.74, 6) is 0.679. The molecule has 0 aliphatic carbocycles. The van der Waals surface area contributed by atoms with Gasteiger partial charge in [-0.25, -0.2) is 0 Å². The molecule has 0 unspecified atom stereocenters. The van der Waals surface area contributed by atoms with Crippen LogP contribution in [0.3, 0.4) is 0 Å². The monoisotopic (exact) mass is 284 g/mol. The number of carbonyl (C=O) groups is 2. The second kappa shape index (κ2) is 6.70. The van der Waals surface area contributed by atoms with Crippen molar-refractivity contribution in [2.45, 2.75) is 13.8 Å². The van der Waals surface area contributed by atoms with Gasteiger partial charge in [-0.15, -0.1) is 0 Å². The van der Waals surface area contributed by atoms with Crippen LogP contribution in [0.15, 0.2) is 48.5 Å². The van der Waals surface area contributed by atoms with Gasteiger partial charge in [-0.2, -0.15) is 0 Å². The van der Waals surface area contributed by atoms with E-state index in [-0.39, 0.29) is 11.8 Å². The van der Waals surface area contributed by atoms with Gasteiger partial charge in [0.15, 0.2) is 5.78 Å². The van der Waals surface area contributed by atoms with Crippen LogP contribution in [0.5, 0.6) is 11.5 Å². The van der Waals surface area contributed by atoms with E-state index in [1.54, 1.807) is 48.5 Å². The van der Waals surface area contributed by atoms with Gasteiger partial charge in [0.1, 0.15) is 11.5 Å². The number of hydrogen-bond donors (Lipinski definition) is 0. The molecule has 0 spiro atoms. The van der Waals surface area contributed by atoms with Crippen molar-refractivity contribution in [1.82, 2.24) is 0 Å². The number of rotatable bonds is 5. The number of esters is 1. The molecule has 0 aliphatic rings. The van der Waals surface area contributed by atoms with Gasteiger partial charge >= 0.3 is 5.97 Å². The molecule has 0 fully saturated rings. The zero-order chi connectivity index (χ0) is 15.2. The molecule has 108 valence electrons. The topological polar surface area (TPSA) is 52.6 Å². The molecule has 4 nitrogen and oxygen atoms in total. The van der Waals surface area contributed by atoms with Crippen molar-refractivity contribution in [2.75, 3.05) is 6.61 Å². The van der Waals surface area contributed by atoms with Gasteiger partial charge in [0.25, 0.3) is 0 Å². The van der Waals surface area contributed by atoms with E-state index in [0.717, 1.165) is 5.75 Å². The molecule has 2 aromatic carbocycles. The van der Waals surface area contributed by atoms with E-state index in [9.17, 15) is 9.59 Å². The van der Waals surface area contributed by atoms with Gasteiger partial charge in [-0.1, -0.05) is 0 Å². The second-order valence-corrected chi connectivity index (χ2v) is 4.40. The lowest BCUT2D eigenvalue weighted by molar-refractivity contribution is -0.131. The maximum absolute atomic E-state index is 12.3. The van der Waals surface area contributed by atoms with Crippen LogP contribution in [0.2, 0.25) is 0 Å². The van der Waals surface area contributed by atoms with Gasteiger partial charge in [0, 0.05) is 18.1 Å². The van der Waals surface area contributed by atoms with Crippen LogP contribution in [0.1, 0.15) is 29.8 Å². The van der Waals surface area contributed by atoms with Crippen LogP contribution in [0.4, 0.5) is 0 Å². The minimum absolute atomic E-state index is 0.0903. The van der Waals surface area contributed by atoms with E-state index in [1.165, 1.54) is 6.92 Å². The average Bonchev–Trinajstić information content (AvgIpc) is 2.48. The van der Waals surface area contributed by atoms with Crippen LogP contribution in [0.25, 0.3) is 0 Å². The Kier molecular flexibility index (Phi) is 4.72. The van der Waals surface area contributed by atoms with Gasteiger partial charge in [-0.05, 0) is 55.5 Å². The van der Waals surface area contributed by atoms with Crippen LogP contribution >= 0.6 is 0 Å². The molecule has 0 amide bonds. The zero-order valence-electron chi connectivity index (χ0n) is 12.0. The van der Waals surface area contributed by atoms with Crippen molar-refractivity contribution >= 4 is 11.8 Å². The SMILES string of the molecule is CCOc1ccc(C(=O)c2ccc(OC(C)=O)cc2)cc1. The molecule has 21 heavy (non-hydrogen) atoms. The highest BCUT2D eigenvalue weighted by Crippen LogP contribution is 2.18. The Morgan fingerprint density at radius 1 is 0.857 bits per heavy atom. The summed E-state index contributed by atoms with van der Waals surface area (Å²) in [6, 6.07) is 13.5. The first kappa shape index (κ1) is 14.8. The lowest BCUT2D eigenvalue weighted by atomic mass is 10.0. The molecular weight excluding hydrogens is 268 g/mol. The van der Waals surface area contributed by atoms with E-state index < -0.39 is 0 Å². The third kappa shape index (κ3) is 3.92. The van der Waals surface area contributed by atoms with E-state index in [1.807, 2.05) is 6.92 Å². The maximum Gasteiger partial charge on any atom is 0.308 e. The van der Waals surface area contributed by atoms with Crippen molar-refractivity contribution in [1.29, 1.82) is 0 Å². The lowest BCUT2D eigenvalue weighted by Crippen LogP contribution is -2.03. The van der Waals surface area contributed by atoms with Crippen LogP contribution < -0.4 is 9.47 Å². The van der Waals surface area contributed by atoms with Gasteiger partial charge in [0.05, 0.1) is 6.61 Å². The molecule has 0 radical (unpaired) electrons. The molecule has 4 heteroatoms. The minimum atomic E-state index is -0.388. The van der Waals surface area contributed by atoms with Crippen molar-refractivity contribution in [3.8, 4) is 11.5 Å². The number of carbonyl (C=O) groups excluding carboxylic acids is 2. The maximum atomic E-state index is 12.3. The smallest absolute Gasteiger partial charge is 0.308 e. The third-order valence-electron chi connectivity index (χ3n) is 2.81. The van der Waals surface area contributed by atoms with Gasteiger partial charge < -0.3 is 9.47 Å². The van der Waals surface area contributed by atoms with E-state index in [0.29, 0.717) is 23.5 Å². The van der Waals surface area contributed by atoms with Gasteiger partial charge in [-0.3, -0.25) is 9.59 Å². The molecule has 2 rings (SSSR count). The zero-order valence-corrected chi connectivity index (χ0v) is 12.0. The lowest BCUT2D eigenvalue weighted by Gasteiger charge is -2.05. The summed E-state index contributed by atoms with van der Waals surface area (Å²) < 4.78 is 10.3. The molecule has 2 aromatic rings. The first-order valence-electron chi connectivity index (χ1n) is 6.66. The van der Waals surface area contributed by atoms with Crippen LogP contribution in [0, 0.1) is 0 Å². The fraction of sp³-hybridized carbons (Fsp3) is 0.176. The molecule has 0 bridgehead atoms. The van der Waals surface area contributed by atoms with Crippen molar-refractivity contribution < 1.29 is 19.1 Å². The largest absolute Gasteiger partial charge is 0.494 e. The normalized spacial score (nSPS) is 10.0. The van der Waals surface area contributed by atoms with Crippen molar-refractivity contribution in [2.24, 2.45) is 0 Å². The average molecular weight is 284 g/mol. The highest BCUT2D eigenvalue weighted by Gasteiger charge is 2.09. The van der Waals surface area contributed by atoms with Crippen molar-refractivity contribution in [3.05, 3.63) is 59.7 Å². The summed E-state index contributed by atoms with van der Waals surface area (Å²) in [4.78, 5) is 23.1. The first-order valence-corrected chi connectivity index (χ1v) is 6.66. The summed E-state index contributed by atoms with van der Waals surface area (Å²) in [7, 11) is 0. The van der Waals surface area contributed by atoms with E-state index in [4.69, 9.17) is 9.47 Å². The van der Waals surface area contributed by atoms with E-state index in [2.05, 4.69) is 0 Å².